The number of nitrogens with zero attached hydrogens (tertiary/aromatic N) is 1. The van der Waals surface area contributed by atoms with E-state index in [2.05, 4.69) is 67.7 Å². The molecule has 0 aromatic heterocycles. The van der Waals surface area contributed by atoms with Crippen LogP contribution in [0.15, 0.2) is 60.7 Å². The first-order chi connectivity index (χ1) is 15.7. The van der Waals surface area contributed by atoms with E-state index in [0.717, 1.165) is 32.1 Å². The molecule has 5 heteroatoms. The maximum absolute atomic E-state index is 13.1. The maximum atomic E-state index is 13.1. The van der Waals surface area contributed by atoms with Crippen LogP contribution in [0.3, 0.4) is 0 Å². The number of rotatable bonds is 11. The first kappa shape index (κ1) is 24.4. The third-order valence-electron chi connectivity index (χ3n) is 6.10. The summed E-state index contributed by atoms with van der Waals surface area (Å²) < 4.78 is 0. The lowest BCUT2D eigenvalue weighted by Crippen LogP contribution is -2.50. The van der Waals surface area contributed by atoms with E-state index in [1.165, 1.54) is 11.1 Å². The van der Waals surface area contributed by atoms with E-state index in [1.54, 1.807) is 11.8 Å². The Morgan fingerprint density at radius 3 is 2.19 bits per heavy atom. The number of nitrogens with one attached hydrogen (secondary N) is 1. The van der Waals surface area contributed by atoms with Crippen molar-refractivity contribution in [2.75, 3.05) is 12.3 Å². The number of benzene rings is 2. The van der Waals surface area contributed by atoms with Gasteiger partial charge in [0.1, 0.15) is 6.04 Å². The second-order valence-electron chi connectivity index (χ2n) is 8.45. The number of carbonyl (C=O) groups is 2. The smallest absolute Gasteiger partial charge is 0.243 e. The fourth-order valence-electron chi connectivity index (χ4n) is 4.38. The largest absolute Gasteiger partial charge is 0.354 e. The van der Waals surface area contributed by atoms with E-state index >= 15 is 0 Å². The van der Waals surface area contributed by atoms with E-state index in [1.807, 2.05) is 17.0 Å². The van der Waals surface area contributed by atoms with E-state index in [4.69, 9.17) is 0 Å². The van der Waals surface area contributed by atoms with Gasteiger partial charge in [0.25, 0.3) is 0 Å². The number of thioether (sulfide) groups is 1. The van der Waals surface area contributed by atoms with E-state index in [9.17, 15) is 9.59 Å². The molecule has 2 aromatic rings. The first-order valence-electron chi connectivity index (χ1n) is 12.0. The molecule has 0 aliphatic carbocycles. The highest BCUT2D eigenvalue weighted by Gasteiger charge is 2.40. The zero-order valence-electron chi connectivity index (χ0n) is 19.3. The third-order valence-corrected chi connectivity index (χ3v) is 7.45. The molecule has 1 N–H and O–H groups in total. The van der Waals surface area contributed by atoms with Crippen LogP contribution in [0.5, 0.6) is 0 Å². The van der Waals surface area contributed by atoms with Crippen LogP contribution < -0.4 is 5.32 Å². The number of amides is 2. The Morgan fingerprint density at radius 2 is 1.62 bits per heavy atom. The van der Waals surface area contributed by atoms with Crippen LogP contribution >= 0.6 is 11.8 Å². The van der Waals surface area contributed by atoms with Crippen molar-refractivity contribution in [2.45, 2.75) is 69.7 Å². The van der Waals surface area contributed by atoms with Crippen molar-refractivity contribution in [2.24, 2.45) is 0 Å². The average Bonchev–Trinajstić information content (AvgIpc) is 3.25. The molecule has 1 heterocycles. The molecule has 2 aromatic carbocycles. The van der Waals surface area contributed by atoms with Crippen molar-refractivity contribution >= 4 is 23.6 Å². The Kier molecular flexibility index (Phi) is 9.66. The van der Waals surface area contributed by atoms with Crippen LogP contribution in [0.4, 0.5) is 0 Å². The van der Waals surface area contributed by atoms with Crippen molar-refractivity contribution in [1.29, 1.82) is 0 Å². The lowest BCUT2D eigenvalue weighted by molar-refractivity contribution is -0.139. The van der Waals surface area contributed by atoms with Crippen molar-refractivity contribution < 1.29 is 9.59 Å². The number of hydrogen-bond donors (Lipinski definition) is 1. The zero-order chi connectivity index (χ0) is 22.8. The van der Waals surface area contributed by atoms with Gasteiger partial charge in [-0.25, -0.2) is 0 Å². The molecule has 2 amide bonds. The molecule has 0 radical (unpaired) electrons. The van der Waals surface area contributed by atoms with Crippen LogP contribution in [-0.2, 0) is 9.59 Å². The fourth-order valence-corrected chi connectivity index (χ4v) is 5.92. The second kappa shape index (κ2) is 12.7. The van der Waals surface area contributed by atoms with E-state index < -0.39 is 0 Å². The average molecular weight is 453 g/mol. The minimum Gasteiger partial charge on any atom is -0.354 e. The van der Waals surface area contributed by atoms with Gasteiger partial charge in [0.05, 0.1) is 5.37 Å². The molecule has 172 valence electrons. The van der Waals surface area contributed by atoms with Gasteiger partial charge < -0.3 is 10.2 Å². The quantitative estimate of drug-likeness (QED) is 0.484. The lowest BCUT2D eigenvalue weighted by atomic mass is 9.88. The van der Waals surface area contributed by atoms with Crippen LogP contribution in [0.2, 0.25) is 0 Å². The molecule has 0 bridgehead atoms. The van der Waals surface area contributed by atoms with Crippen LogP contribution in [-0.4, -0.2) is 40.4 Å². The standard InChI is InChI=1S/C27H36N2O2S/c1-3-5-17-25(30)29-24(20-32-26(29)12-4-2)27(31)28-19-18-23(21-13-8-6-9-14-21)22-15-10-7-11-16-22/h6-11,13-16,23-24,26H,3-5,12,17-20H2,1-2H3,(H,28,31). The summed E-state index contributed by atoms with van der Waals surface area (Å²) in [7, 11) is 0. The summed E-state index contributed by atoms with van der Waals surface area (Å²) in [5, 5.41) is 3.28. The molecule has 0 spiro atoms. The first-order valence-corrected chi connectivity index (χ1v) is 13.0. The van der Waals surface area contributed by atoms with Gasteiger partial charge in [0.2, 0.25) is 11.8 Å². The molecule has 1 aliphatic heterocycles. The summed E-state index contributed by atoms with van der Waals surface area (Å²) in [5.41, 5.74) is 2.51. The maximum Gasteiger partial charge on any atom is 0.243 e. The fraction of sp³-hybridized carbons (Fsp3) is 0.481. The monoisotopic (exact) mass is 452 g/mol. The normalized spacial score (nSPS) is 18.2. The van der Waals surface area contributed by atoms with Gasteiger partial charge in [-0.15, -0.1) is 11.8 Å². The summed E-state index contributed by atoms with van der Waals surface area (Å²) in [6.45, 7) is 4.81. The highest BCUT2D eigenvalue weighted by Crippen LogP contribution is 2.33. The van der Waals surface area contributed by atoms with Gasteiger partial charge in [0.15, 0.2) is 0 Å². The minimum absolute atomic E-state index is 0.0131. The molecule has 0 saturated carbocycles. The summed E-state index contributed by atoms with van der Waals surface area (Å²) >= 11 is 1.75. The van der Waals surface area contributed by atoms with Crippen molar-refractivity contribution in [3.63, 3.8) is 0 Å². The van der Waals surface area contributed by atoms with Crippen molar-refractivity contribution in [1.82, 2.24) is 10.2 Å². The molecule has 1 aliphatic rings. The molecule has 2 unspecified atom stereocenters. The van der Waals surface area contributed by atoms with Gasteiger partial charge >= 0.3 is 0 Å². The van der Waals surface area contributed by atoms with E-state index in [-0.39, 0.29) is 29.1 Å². The van der Waals surface area contributed by atoms with Gasteiger partial charge in [-0.2, -0.15) is 0 Å². The Morgan fingerprint density at radius 1 is 1.00 bits per heavy atom. The summed E-state index contributed by atoms with van der Waals surface area (Å²) in [5.74, 6) is 1.03. The molecule has 1 fully saturated rings. The Labute approximate surface area is 197 Å². The number of unbranched alkanes of at least 4 members (excludes halogenated alkanes) is 1. The Balaban J connectivity index is 1.64. The molecular formula is C27H36N2O2S. The van der Waals surface area contributed by atoms with Gasteiger partial charge in [-0.1, -0.05) is 87.4 Å². The highest BCUT2D eigenvalue weighted by molar-refractivity contribution is 8.00. The van der Waals surface area contributed by atoms with Gasteiger partial charge in [0, 0.05) is 24.6 Å². The molecule has 3 rings (SSSR count). The van der Waals surface area contributed by atoms with Crippen LogP contribution in [0.25, 0.3) is 0 Å². The molecule has 4 nitrogen and oxygen atoms in total. The topological polar surface area (TPSA) is 49.4 Å². The molecular weight excluding hydrogens is 416 g/mol. The lowest BCUT2D eigenvalue weighted by Gasteiger charge is -2.29. The summed E-state index contributed by atoms with van der Waals surface area (Å²) in [6, 6.07) is 20.6. The van der Waals surface area contributed by atoms with Gasteiger partial charge in [-0.3, -0.25) is 9.59 Å². The second-order valence-corrected chi connectivity index (χ2v) is 9.66. The van der Waals surface area contributed by atoms with Crippen molar-refractivity contribution in [3.05, 3.63) is 71.8 Å². The molecule has 1 saturated heterocycles. The predicted molar refractivity (Wildman–Crippen MR) is 134 cm³/mol. The third kappa shape index (κ3) is 6.38. The Bertz CT molecular complexity index is 804. The zero-order valence-corrected chi connectivity index (χ0v) is 20.2. The highest BCUT2D eigenvalue weighted by atomic mass is 32.2. The minimum atomic E-state index is -0.354. The predicted octanol–water partition coefficient (Wildman–Crippen LogP) is 5.59. The number of hydrogen-bond acceptors (Lipinski definition) is 3. The number of carbonyl (C=O) groups excluding carboxylic acids is 2. The van der Waals surface area contributed by atoms with Crippen molar-refractivity contribution in [3.8, 4) is 0 Å². The van der Waals surface area contributed by atoms with E-state index in [0.29, 0.717) is 18.7 Å². The summed E-state index contributed by atoms with van der Waals surface area (Å²) in [4.78, 5) is 27.9. The molecule has 32 heavy (non-hydrogen) atoms. The summed E-state index contributed by atoms with van der Waals surface area (Å²) in [6.07, 6.45) is 5.17. The Hall–Kier alpha value is -2.27. The van der Waals surface area contributed by atoms with Crippen LogP contribution in [0, 0.1) is 0 Å². The van der Waals surface area contributed by atoms with Crippen LogP contribution in [0.1, 0.15) is 69.4 Å². The van der Waals surface area contributed by atoms with Gasteiger partial charge in [-0.05, 0) is 30.4 Å². The SMILES string of the molecule is CCCCC(=O)N1C(CCC)SCC1C(=O)NCCC(c1ccccc1)c1ccccc1. The molecule has 2 atom stereocenters.